The molecular weight excluding hydrogens is 212 g/mol. The minimum absolute atomic E-state index is 0.174. The van der Waals surface area contributed by atoms with E-state index in [1.165, 1.54) is 25.7 Å². The van der Waals surface area contributed by atoms with E-state index in [1.807, 2.05) is 0 Å². The number of aliphatic hydroxyl groups is 1. The van der Waals surface area contributed by atoms with Crippen LogP contribution >= 0.6 is 0 Å². The molecule has 0 bridgehead atoms. The fourth-order valence-corrected chi connectivity index (χ4v) is 3.05. The van der Waals surface area contributed by atoms with Gasteiger partial charge in [-0.25, -0.2) is 0 Å². The topological polar surface area (TPSA) is 35.5 Å². The molecule has 0 aromatic heterocycles. The van der Waals surface area contributed by atoms with E-state index < -0.39 is 0 Å². The third-order valence-corrected chi connectivity index (χ3v) is 3.79. The second-order valence-electron chi connectivity index (χ2n) is 6.02. The summed E-state index contributed by atoms with van der Waals surface area (Å²) in [6.45, 7) is 10.9. The highest BCUT2D eigenvalue weighted by atomic mass is 16.3. The molecule has 3 heteroatoms. The molecular formula is C14H30N2O. The molecule has 0 heterocycles. The van der Waals surface area contributed by atoms with Crippen LogP contribution in [0, 0.1) is 0 Å². The molecule has 2 N–H and O–H groups in total. The van der Waals surface area contributed by atoms with Crippen LogP contribution in [0.15, 0.2) is 0 Å². The first-order valence-electron chi connectivity index (χ1n) is 7.13. The number of nitrogens with one attached hydrogen (secondary N) is 1. The summed E-state index contributed by atoms with van der Waals surface area (Å²) in [5.74, 6) is 0. The predicted octanol–water partition coefficient (Wildman–Crippen LogP) is 2.00. The Morgan fingerprint density at radius 2 is 1.94 bits per heavy atom. The van der Waals surface area contributed by atoms with Gasteiger partial charge in [-0.2, -0.15) is 0 Å². The van der Waals surface area contributed by atoms with Crippen molar-refractivity contribution in [2.45, 2.75) is 71.0 Å². The molecule has 1 fully saturated rings. The third-order valence-electron chi connectivity index (χ3n) is 3.79. The molecule has 0 aliphatic heterocycles. The van der Waals surface area contributed by atoms with Gasteiger partial charge in [0.2, 0.25) is 0 Å². The Morgan fingerprint density at radius 1 is 1.35 bits per heavy atom. The number of aliphatic hydroxyl groups excluding tert-OH is 1. The molecule has 1 rings (SSSR count). The highest BCUT2D eigenvalue weighted by Crippen LogP contribution is 2.24. The first kappa shape index (κ1) is 14.9. The van der Waals surface area contributed by atoms with Crippen molar-refractivity contribution in [2.24, 2.45) is 0 Å². The molecule has 0 spiro atoms. The SMILES string of the molecule is CCN(CC(C)(CO)NC(C)C)C1CCCC1. The van der Waals surface area contributed by atoms with Crippen LogP contribution in [0.5, 0.6) is 0 Å². The van der Waals surface area contributed by atoms with E-state index in [2.05, 4.69) is 37.9 Å². The molecule has 17 heavy (non-hydrogen) atoms. The van der Waals surface area contributed by atoms with Gasteiger partial charge in [0.15, 0.2) is 0 Å². The number of rotatable bonds is 7. The van der Waals surface area contributed by atoms with Gasteiger partial charge >= 0.3 is 0 Å². The van der Waals surface area contributed by atoms with Crippen molar-refractivity contribution < 1.29 is 5.11 Å². The Hall–Kier alpha value is -0.120. The quantitative estimate of drug-likeness (QED) is 0.717. The zero-order valence-corrected chi connectivity index (χ0v) is 12.0. The fourth-order valence-electron chi connectivity index (χ4n) is 3.05. The number of nitrogens with zero attached hydrogens (tertiary/aromatic N) is 1. The standard InChI is InChI=1S/C14H30N2O/c1-5-16(13-8-6-7-9-13)10-14(4,11-17)15-12(2)3/h12-13,15,17H,5-11H2,1-4H3. The van der Waals surface area contributed by atoms with Crippen molar-refractivity contribution in [1.29, 1.82) is 0 Å². The predicted molar refractivity (Wildman–Crippen MR) is 73.3 cm³/mol. The van der Waals surface area contributed by atoms with Gasteiger partial charge in [-0.3, -0.25) is 4.90 Å². The number of hydrogen-bond donors (Lipinski definition) is 2. The summed E-state index contributed by atoms with van der Waals surface area (Å²) in [7, 11) is 0. The molecule has 1 saturated carbocycles. The maximum absolute atomic E-state index is 9.63. The van der Waals surface area contributed by atoms with E-state index in [0.717, 1.165) is 19.1 Å². The fraction of sp³-hybridized carbons (Fsp3) is 1.00. The molecule has 0 amide bonds. The van der Waals surface area contributed by atoms with Gasteiger partial charge in [-0.1, -0.05) is 33.6 Å². The lowest BCUT2D eigenvalue weighted by Gasteiger charge is -2.38. The molecule has 1 atom stereocenters. The highest BCUT2D eigenvalue weighted by molar-refractivity contribution is 4.90. The normalized spacial score (nSPS) is 21.4. The second-order valence-corrected chi connectivity index (χ2v) is 6.02. The van der Waals surface area contributed by atoms with Crippen LogP contribution in [0.4, 0.5) is 0 Å². The van der Waals surface area contributed by atoms with Crippen LogP contribution in [-0.4, -0.2) is 47.3 Å². The zero-order valence-electron chi connectivity index (χ0n) is 12.0. The summed E-state index contributed by atoms with van der Waals surface area (Å²) in [6.07, 6.45) is 5.40. The van der Waals surface area contributed by atoms with E-state index in [1.54, 1.807) is 0 Å². The summed E-state index contributed by atoms with van der Waals surface area (Å²) in [5.41, 5.74) is -0.174. The van der Waals surface area contributed by atoms with Gasteiger partial charge in [-0.05, 0) is 26.3 Å². The van der Waals surface area contributed by atoms with Crippen LogP contribution in [0.2, 0.25) is 0 Å². The zero-order chi connectivity index (χ0) is 12.9. The molecule has 1 aliphatic carbocycles. The number of hydrogen-bond acceptors (Lipinski definition) is 3. The van der Waals surface area contributed by atoms with Crippen LogP contribution in [0.1, 0.15) is 53.4 Å². The molecule has 0 aromatic rings. The monoisotopic (exact) mass is 242 g/mol. The average Bonchev–Trinajstić information content (AvgIpc) is 2.78. The first-order valence-corrected chi connectivity index (χ1v) is 7.13. The summed E-state index contributed by atoms with van der Waals surface area (Å²) in [6, 6.07) is 1.15. The van der Waals surface area contributed by atoms with E-state index in [9.17, 15) is 5.11 Å². The van der Waals surface area contributed by atoms with Crippen molar-refractivity contribution in [3.8, 4) is 0 Å². The van der Waals surface area contributed by atoms with E-state index in [-0.39, 0.29) is 12.1 Å². The highest BCUT2D eigenvalue weighted by Gasteiger charge is 2.30. The van der Waals surface area contributed by atoms with Gasteiger partial charge in [0, 0.05) is 18.6 Å². The van der Waals surface area contributed by atoms with Crippen LogP contribution in [0.25, 0.3) is 0 Å². The Balaban J connectivity index is 2.56. The lowest BCUT2D eigenvalue weighted by molar-refractivity contribution is 0.0933. The molecule has 102 valence electrons. The Kier molecular flexibility index (Phi) is 5.90. The average molecular weight is 242 g/mol. The smallest absolute Gasteiger partial charge is 0.0623 e. The van der Waals surface area contributed by atoms with Crippen molar-refractivity contribution in [3.63, 3.8) is 0 Å². The Bertz CT molecular complexity index is 214. The molecule has 1 unspecified atom stereocenters. The summed E-state index contributed by atoms with van der Waals surface area (Å²) < 4.78 is 0. The van der Waals surface area contributed by atoms with Crippen LogP contribution in [0.3, 0.4) is 0 Å². The summed E-state index contributed by atoms with van der Waals surface area (Å²) in [4.78, 5) is 2.54. The van der Waals surface area contributed by atoms with Gasteiger partial charge < -0.3 is 10.4 Å². The van der Waals surface area contributed by atoms with Crippen molar-refractivity contribution in [1.82, 2.24) is 10.2 Å². The van der Waals surface area contributed by atoms with E-state index in [4.69, 9.17) is 0 Å². The minimum Gasteiger partial charge on any atom is -0.394 e. The Labute approximate surface area is 107 Å². The molecule has 1 aliphatic rings. The second kappa shape index (κ2) is 6.72. The summed E-state index contributed by atoms with van der Waals surface area (Å²) >= 11 is 0. The largest absolute Gasteiger partial charge is 0.394 e. The van der Waals surface area contributed by atoms with Crippen molar-refractivity contribution in [3.05, 3.63) is 0 Å². The lowest BCUT2D eigenvalue weighted by Crippen LogP contribution is -2.57. The molecule has 0 saturated heterocycles. The molecule has 3 nitrogen and oxygen atoms in total. The minimum atomic E-state index is -0.174. The van der Waals surface area contributed by atoms with E-state index in [0.29, 0.717) is 6.04 Å². The van der Waals surface area contributed by atoms with Crippen LogP contribution < -0.4 is 5.32 Å². The van der Waals surface area contributed by atoms with E-state index >= 15 is 0 Å². The van der Waals surface area contributed by atoms with Crippen LogP contribution in [-0.2, 0) is 0 Å². The van der Waals surface area contributed by atoms with Gasteiger partial charge in [0.05, 0.1) is 12.1 Å². The first-order chi connectivity index (χ1) is 8.00. The third kappa shape index (κ3) is 4.57. The molecule has 0 radical (unpaired) electrons. The molecule has 0 aromatic carbocycles. The van der Waals surface area contributed by atoms with Gasteiger partial charge in [-0.15, -0.1) is 0 Å². The number of likely N-dealkylation sites (N-methyl/N-ethyl adjacent to an activating group) is 1. The van der Waals surface area contributed by atoms with Gasteiger partial charge in [0.25, 0.3) is 0 Å². The van der Waals surface area contributed by atoms with Gasteiger partial charge in [0.1, 0.15) is 0 Å². The summed E-state index contributed by atoms with van der Waals surface area (Å²) in [5, 5.41) is 13.1. The van der Waals surface area contributed by atoms with Crippen molar-refractivity contribution >= 4 is 0 Å². The van der Waals surface area contributed by atoms with Crippen molar-refractivity contribution in [2.75, 3.05) is 19.7 Å². The lowest BCUT2D eigenvalue weighted by atomic mass is 10.00. The maximum atomic E-state index is 9.63. The Morgan fingerprint density at radius 3 is 2.35 bits per heavy atom. The maximum Gasteiger partial charge on any atom is 0.0623 e.